The fourth-order valence-electron chi connectivity index (χ4n) is 2.12. The molecule has 116 valence electrons. The van der Waals surface area contributed by atoms with Crippen LogP contribution in [0.15, 0.2) is 65.0 Å². The van der Waals surface area contributed by atoms with E-state index in [4.69, 9.17) is 9.72 Å². The fourth-order valence-corrected chi connectivity index (χ4v) is 4.12. The van der Waals surface area contributed by atoms with Gasteiger partial charge < -0.3 is 4.74 Å². The summed E-state index contributed by atoms with van der Waals surface area (Å²) >= 11 is 3.01. The minimum Gasteiger partial charge on any atom is -0.468 e. The van der Waals surface area contributed by atoms with Crippen molar-refractivity contribution in [2.24, 2.45) is 0 Å². The number of rotatable bonds is 5. The molecule has 0 amide bonds. The smallest absolute Gasteiger partial charge is 0.316 e. The Hall–Kier alpha value is -2.11. The Morgan fingerprint density at radius 2 is 1.65 bits per heavy atom. The highest BCUT2D eigenvalue weighted by molar-refractivity contribution is 8.01. The first kappa shape index (κ1) is 15.8. The van der Waals surface area contributed by atoms with Crippen LogP contribution in [0, 0.1) is 0 Å². The summed E-state index contributed by atoms with van der Waals surface area (Å²) in [6.07, 6.45) is 0. The highest BCUT2D eigenvalue weighted by atomic mass is 32.2. The quantitative estimate of drug-likeness (QED) is 0.496. The molecule has 0 radical (unpaired) electrons. The Labute approximate surface area is 143 Å². The number of nitrogens with zero attached hydrogens (tertiary/aromatic N) is 1. The molecule has 3 rings (SSSR count). The molecule has 0 aliphatic heterocycles. The maximum absolute atomic E-state index is 11.4. The third-order valence-corrected chi connectivity index (χ3v) is 5.45. The molecule has 0 unspecified atom stereocenters. The molecule has 0 saturated heterocycles. The molecular formula is C18H15NO2S2. The van der Waals surface area contributed by atoms with Crippen LogP contribution in [-0.4, -0.2) is 23.8 Å². The van der Waals surface area contributed by atoms with Crippen LogP contribution < -0.4 is 0 Å². The number of thiazole rings is 1. The van der Waals surface area contributed by atoms with E-state index in [0.717, 1.165) is 26.0 Å². The Kier molecular flexibility index (Phi) is 5.10. The van der Waals surface area contributed by atoms with Gasteiger partial charge >= 0.3 is 5.97 Å². The zero-order chi connectivity index (χ0) is 16.1. The van der Waals surface area contributed by atoms with E-state index in [0.29, 0.717) is 0 Å². The maximum atomic E-state index is 11.4. The van der Waals surface area contributed by atoms with E-state index in [-0.39, 0.29) is 11.7 Å². The van der Waals surface area contributed by atoms with Crippen LogP contribution >= 0.6 is 23.1 Å². The largest absolute Gasteiger partial charge is 0.468 e. The Bertz CT molecular complexity index is 728. The maximum Gasteiger partial charge on any atom is 0.316 e. The van der Waals surface area contributed by atoms with E-state index < -0.39 is 0 Å². The first-order valence-electron chi connectivity index (χ1n) is 7.09. The van der Waals surface area contributed by atoms with Crippen molar-refractivity contribution in [3.8, 4) is 21.7 Å². The lowest BCUT2D eigenvalue weighted by molar-refractivity contribution is -0.137. The second-order valence-electron chi connectivity index (χ2n) is 4.75. The number of benzene rings is 2. The lowest BCUT2D eigenvalue weighted by Gasteiger charge is -2.02. The van der Waals surface area contributed by atoms with E-state index in [1.165, 1.54) is 18.9 Å². The Morgan fingerprint density at radius 1 is 1.04 bits per heavy atom. The zero-order valence-electron chi connectivity index (χ0n) is 12.6. The van der Waals surface area contributed by atoms with Crippen LogP contribution in [0.2, 0.25) is 0 Å². The molecule has 0 spiro atoms. The predicted molar refractivity (Wildman–Crippen MR) is 95.7 cm³/mol. The van der Waals surface area contributed by atoms with Crippen molar-refractivity contribution in [2.75, 3.05) is 12.9 Å². The lowest BCUT2D eigenvalue weighted by Crippen LogP contribution is -2.02. The van der Waals surface area contributed by atoms with Gasteiger partial charge in [-0.05, 0) is 5.56 Å². The van der Waals surface area contributed by atoms with Gasteiger partial charge in [-0.3, -0.25) is 4.79 Å². The molecule has 2 aromatic carbocycles. The molecular weight excluding hydrogens is 326 g/mol. The second-order valence-corrected chi connectivity index (χ2v) is 6.98. The summed E-state index contributed by atoms with van der Waals surface area (Å²) in [5.41, 5.74) is 3.16. The number of carbonyl (C=O) groups excluding carboxylic acids is 1. The Morgan fingerprint density at radius 3 is 2.26 bits per heavy atom. The first-order chi connectivity index (χ1) is 11.3. The van der Waals surface area contributed by atoms with Crippen LogP contribution in [0.5, 0.6) is 0 Å². The van der Waals surface area contributed by atoms with Gasteiger partial charge in [0.1, 0.15) is 0 Å². The van der Waals surface area contributed by atoms with Crippen molar-refractivity contribution in [3.05, 3.63) is 60.7 Å². The second kappa shape index (κ2) is 7.44. The molecule has 0 N–H and O–H groups in total. The van der Waals surface area contributed by atoms with Crippen LogP contribution in [0.25, 0.3) is 21.7 Å². The van der Waals surface area contributed by atoms with Gasteiger partial charge in [0.25, 0.3) is 0 Å². The minimum atomic E-state index is -0.243. The van der Waals surface area contributed by atoms with Crippen LogP contribution in [0.4, 0.5) is 0 Å². The van der Waals surface area contributed by atoms with Gasteiger partial charge in [-0.15, -0.1) is 11.3 Å². The molecule has 23 heavy (non-hydrogen) atoms. The Balaban J connectivity index is 1.99. The number of ether oxygens (including phenoxy) is 1. The summed E-state index contributed by atoms with van der Waals surface area (Å²) in [4.78, 5) is 17.2. The highest BCUT2D eigenvalue weighted by Crippen LogP contribution is 2.40. The van der Waals surface area contributed by atoms with Crippen molar-refractivity contribution in [1.82, 2.24) is 4.98 Å². The van der Waals surface area contributed by atoms with E-state index >= 15 is 0 Å². The van der Waals surface area contributed by atoms with E-state index in [1.54, 1.807) is 11.3 Å². The van der Waals surface area contributed by atoms with Crippen molar-refractivity contribution in [1.29, 1.82) is 0 Å². The van der Waals surface area contributed by atoms with Crippen molar-refractivity contribution < 1.29 is 9.53 Å². The molecule has 0 bridgehead atoms. The molecule has 0 aliphatic carbocycles. The van der Waals surface area contributed by atoms with Gasteiger partial charge in [-0.25, -0.2) is 4.98 Å². The molecule has 0 fully saturated rings. The van der Waals surface area contributed by atoms with Crippen molar-refractivity contribution in [2.45, 2.75) is 4.34 Å². The van der Waals surface area contributed by atoms with Crippen molar-refractivity contribution in [3.63, 3.8) is 0 Å². The molecule has 3 nitrogen and oxygen atoms in total. The lowest BCUT2D eigenvalue weighted by atomic mass is 10.1. The average molecular weight is 341 g/mol. The standard InChI is InChI=1S/C18H15NO2S2/c1-21-15(20)12-22-18-19-16(13-8-4-2-5-9-13)17(23-18)14-10-6-3-7-11-14/h2-11H,12H2,1H3. The fraction of sp³-hybridized carbons (Fsp3) is 0.111. The predicted octanol–water partition coefficient (Wildman–Crippen LogP) is 4.74. The third kappa shape index (κ3) is 3.81. The van der Waals surface area contributed by atoms with E-state index in [9.17, 15) is 4.79 Å². The van der Waals surface area contributed by atoms with Crippen molar-refractivity contribution >= 4 is 29.1 Å². The molecule has 5 heteroatoms. The number of hydrogen-bond acceptors (Lipinski definition) is 5. The molecule has 0 saturated carbocycles. The summed E-state index contributed by atoms with van der Waals surface area (Å²) in [7, 11) is 1.40. The van der Waals surface area contributed by atoms with E-state index in [2.05, 4.69) is 24.3 Å². The molecule has 0 atom stereocenters. The van der Waals surface area contributed by atoms with Gasteiger partial charge in [-0.2, -0.15) is 0 Å². The number of aromatic nitrogens is 1. The zero-order valence-corrected chi connectivity index (χ0v) is 14.2. The number of thioether (sulfide) groups is 1. The molecule has 0 aliphatic rings. The monoisotopic (exact) mass is 341 g/mol. The summed E-state index contributed by atoms with van der Waals surface area (Å²) in [5, 5.41) is 0. The van der Waals surface area contributed by atoms with E-state index in [1.807, 2.05) is 36.4 Å². The summed E-state index contributed by atoms with van der Waals surface area (Å²) in [5.74, 6) is 0.0275. The average Bonchev–Trinajstić information content (AvgIpc) is 3.05. The van der Waals surface area contributed by atoms with Crippen LogP contribution in [0.1, 0.15) is 0 Å². The summed E-state index contributed by atoms with van der Waals surface area (Å²) < 4.78 is 5.56. The normalized spacial score (nSPS) is 10.5. The van der Waals surface area contributed by atoms with Crippen LogP contribution in [-0.2, 0) is 9.53 Å². The topological polar surface area (TPSA) is 39.2 Å². The molecule has 1 heterocycles. The summed E-state index contributed by atoms with van der Waals surface area (Å²) in [6.45, 7) is 0. The van der Waals surface area contributed by atoms with Gasteiger partial charge in [0.05, 0.1) is 23.4 Å². The molecule has 1 aromatic heterocycles. The number of esters is 1. The van der Waals surface area contributed by atoms with Crippen LogP contribution in [0.3, 0.4) is 0 Å². The van der Waals surface area contributed by atoms with Gasteiger partial charge in [-0.1, -0.05) is 72.4 Å². The number of methoxy groups -OCH3 is 1. The van der Waals surface area contributed by atoms with Gasteiger partial charge in [0, 0.05) is 5.56 Å². The number of carbonyl (C=O) groups is 1. The number of hydrogen-bond donors (Lipinski definition) is 0. The highest BCUT2D eigenvalue weighted by Gasteiger charge is 2.16. The molecule has 3 aromatic rings. The first-order valence-corrected chi connectivity index (χ1v) is 8.89. The van der Waals surface area contributed by atoms with Gasteiger partial charge in [0.15, 0.2) is 4.34 Å². The summed E-state index contributed by atoms with van der Waals surface area (Å²) in [6, 6.07) is 20.3. The van der Waals surface area contributed by atoms with Gasteiger partial charge in [0.2, 0.25) is 0 Å². The third-order valence-electron chi connectivity index (χ3n) is 3.23. The minimum absolute atomic E-state index is 0.243. The SMILES string of the molecule is COC(=O)CSc1nc(-c2ccccc2)c(-c2ccccc2)s1.